The van der Waals surface area contributed by atoms with Gasteiger partial charge in [0.05, 0.1) is 0 Å². The Kier molecular flexibility index (Phi) is 4.27. The maximum atomic E-state index is 12.6. The van der Waals surface area contributed by atoms with Crippen molar-refractivity contribution >= 4 is 5.91 Å². The maximum Gasteiger partial charge on any atom is 0.242 e. The van der Waals surface area contributed by atoms with Crippen molar-refractivity contribution in [2.24, 2.45) is 0 Å². The SMILES string of the molecule is CCc1nccn1CC(=O)N1CCC[C@H](c2ncc(C)[nH]2)C1. The molecule has 3 heterocycles. The molecule has 1 fully saturated rings. The first-order chi connectivity index (χ1) is 10.7. The molecule has 1 atom stereocenters. The summed E-state index contributed by atoms with van der Waals surface area (Å²) in [6.07, 6.45) is 8.46. The van der Waals surface area contributed by atoms with Gasteiger partial charge in [0.15, 0.2) is 0 Å². The Morgan fingerprint density at radius 2 is 2.32 bits per heavy atom. The van der Waals surface area contributed by atoms with E-state index in [4.69, 9.17) is 0 Å². The fourth-order valence-electron chi connectivity index (χ4n) is 3.11. The number of aryl methyl sites for hydroxylation is 2. The Balaban J connectivity index is 1.65. The number of carbonyl (C=O) groups excluding carboxylic acids is 1. The molecule has 0 spiro atoms. The number of nitrogens with zero attached hydrogens (tertiary/aromatic N) is 4. The molecule has 0 unspecified atom stereocenters. The first kappa shape index (κ1) is 14.8. The largest absolute Gasteiger partial charge is 0.346 e. The first-order valence-electron chi connectivity index (χ1n) is 7.96. The van der Waals surface area contributed by atoms with E-state index in [2.05, 4.69) is 21.9 Å². The molecule has 0 saturated carbocycles. The summed E-state index contributed by atoms with van der Waals surface area (Å²) in [4.78, 5) is 26.5. The summed E-state index contributed by atoms with van der Waals surface area (Å²) in [5.74, 6) is 2.45. The standard InChI is InChI=1S/C16H23N5O/c1-3-14-17-6-8-20(14)11-15(22)21-7-4-5-13(10-21)16-18-9-12(2)19-16/h6,8-9,13H,3-5,7,10-11H2,1-2H3,(H,18,19)/t13-/m0/s1. The molecular weight excluding hydrogens is 278 g/mol. The number of hydrogen-bond donors (Lipinski definition) is 1. The summed E-state index contributed by atoms with van der Waals surface area (Å²) in [6, 6.07) is 0. The molecule has 0 radical (unpaired) electrons. The van der Waals surface area contributed by atoms with Crippen molar-refractivity contribution in [1.29, 1.82) is 0 Å². The third kappa shape index (κ3) is 3.05. The van der Waals surface area contributed by atoms with Crippen LogP contribution in [0.1, 0.15) is 43.0 Å². The van der Waals surface area contributed by atoms with Gasteiger partial charge in [0.2, 0.25) is 5.91 Å². The van der Waals surface area contributed by atoms with Gasteiger partial charge in [-0.25, -0.2) is 9.97 Å². The molecule has 118 valence electrons. The minimum absolute atomic E-state index is 0.167. The fourth-order valence-corrected chi connectivity index (χ4v) is 3.11. The van der Waals surface area contributed by atoms with Crippen molar-refractivity contribution in [2.45, 2.75) is 45.6 Å². The quantitative estimate of drug-likeness (QED) is 0.937. The van der Waals surface area contributed by atoms with Gasteiger partial charge in [-0.15, -0.1) is 0 Å². The van der Waals surface area contributed by atoms with Gasteiger partial charge in [0, 0.05) is 49.7 Å². The average Bonchev–Trinajstić information content (AvgIpc) is 3.16. The van der Waals surface area contributed by atoms with Crippen LogP contribution in [0.2, 0.25) is 0 Å². The molecule has 6 nitrogen and oxygen atoms in total. The summed E-state index contributed by atoms with van der Waals surface area (Å²) in [7, 11) is 0. The van der Waals surface area contributed by atoms with E-state index in [1.54, 1.807) is 6.20 Å². The lowest BCUT2D eigenvalue weighted by atomic mass is 9.97. The van der Waals surface area contributed by atoms with Crippen LogP contribution in [0.4, 0.5) is 0 Å². The van der Waals surface area contributed by atoms with E-state index in [0.717, 1.165) is 49.7 Å². The highest BCUT2D eigenvalue weighted by molar-refractivity contribution is 5.76. The molecule has 1 aliphatic rings. The summed E-state index contributed by atoms with van der Waals surface area (Å²) >= 11 is 0. The molecule has 1 saturated heterocycles. The zero-order chi connectivity index (χ0) is 15.5. The van der Waals surface area contributed by atoms with Crippen LogP contribution in [0, 0.1) is 6.92 Å². The molecule has 1 N–H and O–H groups in total. The fraction of sp³-hybridized carbons (Fsp3) is 0.562. The van der Waals surface area contributed by atoms with Crippen molar-refractivity contribution in [3.63, 3.8) is 0 Å². The third-order valence-electron chi connectivity index (χ3n) is 4.31. The van der Waals surface area contributed by atoms with Crippen molar-refractivity contribution in [3.8, 4) is 0 Å². The number of aromatic nitrogens is 4. The summed E-state index contributed by atoms with van der Waals surface area (Å²) in [5, 5.41) is 0. The Morgan fingerprint density at radius 1 is 1.45 bits per heavy atom. The molecule has 2 aromatic rings. The molecule has 1 aliphatic heterocycles. The second kappa shape index (κ2) is 6.34. The lowest BCUT2D eigenvalue weighted by molar-refractivity contribution is -0.133. The number of imidazole rings is 2. The average molecular weight is 301 g/mol. The zero-order valence-corrected chi connectivity index (χ0v) is 13.2. The summed E-state index contributed by atoms with van der Waals surface area (Å²) in [5.41, 5.74) is 1.07. The molecular formula is C16H23N5O. The van der Waals surface area contributed by atoms with Crippen LogP contribution in [0.5, 0.6) is 0 Å². The molecule has 6 heteroatoms. The summed E-state index contributed by atoms with van der Waals surface area (Å²) < 4.78 is 1.95. The maximum absolute atomic E-state index is 12.6. The molecule has 2 aromatic heterocycles. The monoisotopic (exact) mass is 301 g/mol. The van der Waals surface area contributed by atoms with Crippen LogP contribution in [0.3, 0.4) is 0 Å². The van der Waals surface area contributed by atoms with Gasteiger partial charge in [-0.3, -0.25) is 4.79 Å². The van der Waals surface area contributed by atoms with Crippen LogP contribution in [-0.2, 0) is 17.8 Å². The second-order valence-corrected chi connectivity index (χ2v) is 5.96. The highest BCUT2D eigenvalue weighted by atomic mass is 16.2. The number of rotatable bonds is 4. The van der Waals surface area contributed by atoms with Gasteiger partial charge in [-0.1, -0.05) is 6.92 Å². The number of aromatic amines is 1. The highest BCUT2D eigenvalue weighted by Crippen LogP contribution is 2.25. The molecule has 0 bridgehead atoms. The Labute approximate surface area is 130 Å². The number of piperidine rings is 1. The van der Waals surface area contributed by atoms with Crippen molar-refractivity contribution in [1.82, 2.24) is 24.4 Å². The minimum atomic E-state index is 0.167. The Bertz CT molecular complexity index is 645. The Hall–Kier alpha value is -2.11. The van der Waals surface area contributed by atoms with Crippen molar-refractivity contribution < 1.29 is 4.79 Å². The van der Waals surface area contributed by atoms with E-state index < -0.39 is 0 Å². The summed E-state index contributed by atoms with van der Waals surface area (Å²) in [6.45, 7) is 6.03. The predicted molar refractivity (Wildman–Crippen MR) is 83.5 cm³/mol. The lowest BCUT2D eigenvalue weighted by Gasteiger charge is -2.32. The first-order valence-corrected chi connectivity index (χ1v) is 7.96. The van der Waals surface area contributed by atoms with E-state index in [1.807, 2.05) is 28.8 Å². The zero-order valence-electron chi connectivity index (χ0n) is 13.2. The van der Waals surface area contributed by atoms with Crippen molar-refractivity contribution in [3.05, 3.63) is 35.9 Å². The van der Waals surface area contributed by atoms with Crippen LogP contribution in [0.15, 0.2) is 18.6 Å². The number of likely N-dealkylation sites (tertiary alicyclic amines) is 1. The van der Waals surface area contributed by atoms with Gasteiger partial charge >= 0.3 is 0 Å². The number of hydrogen-bond acceptors (Lipinski definition) is 3. The number of nitrogens with one attached hydrogen (secondary N) is 1. The molecule has 0 aromatic carbocycles. The smallest absolute Gasteiger partial charge is 0.242 e. The molecule has 1 amide bonds. The molecule has 0 aliphatic carbocycles. The van der Waals surface area contributed by atoms with Crippen LogP contribution >= 0.6 is 0 Å². The van der Waals surface area contributed by atoms with Crippen LogP contribution < -0.4 is 0 Å². The topological polar surface area (TPSA) is 66.8 Å². The van der Waals surface area contributed by atoms with E-state index >= 15 is 0 Å². The van der Waals surface area contributed by atoms with Gasteiger partial charge in [-0.2, -0.15) is 0 Å². The second-order valence-electron chi connectivity index (χ2n) is 5.96. The minimum Gasteiger partial charge on any atom is -0.346 e. The molecule has 3 rings (SSSR count). The number of H-pyrrole nitrogens is 1. The number of amides is 1. The van der Waals surface area contributed by atoms with Gasteiger partial charge < -0.3 is 14.5 Å². The predicted octanol–water partition coefficient (Wildman–Crippen LogP) is 1.88. The van der Waals surface area contributed by atoms with E-state index in [0.29, 0.717) is 12.5 Å². The molecule has 22 heavy (non-hydrogen) atoms. The highest BCUT2D eigenvalue weighted by Gasteiger charge is 2.26. The Morgan fingerprint density at radius 3 is 3.05 bits per heavy atom. The lowest BCUT2D eigenvalue weighted by Crippen LogP contribution is -2.41. The van der Waals surface area contributed by atoms with E-state index in [1.165, 1.54) is 0 Å². The van der Waals surface area contributed by atoms with E-state index in [9.17, 15) is 4.79 Å². The van der Waals surface area contributed by atoms with Gasteiger partial charge in [0.1, 0.15) is 18.2 Å². The van der Waals surface area contributed by atoms with Crippen molar-refractivity contribution in [2.75, 3.05) is 13.1 Å². The van der Waals surface area contributed by atoms with Crippen LogP contribution in [-0.4, -0.2) is 43.4 Å². The third-order valence-corrected chi connectivity index (χ3v) is 4.31. The van der Waals surface area contributed by atoms with Gasteiger partial charge in [0.25, 0.3) is 0 Å². The van der Waals surface area contributed by atoms with E-state index in [-0.39, 0.29) is 5.91 Å². The number of carbonyl (C=O) groups is 1. The normalized spacial score (nSPS) is 18.6. The van der Waals surface area contributed by atoms with Gasteiger partial charge in [-0.05, 0) is 19.8 Å². The van der Waals surface area contributed by atoms with Crippen LogP contribution in [0.25, 0.3) is 0 Å².